The minimum absolute atomic E-state index is 0.118. The fourth-order valence-electron chi connectivity index (χ4n) is 3.28. The van der Waals surface area contributed by atoms with Gasteiger partial charge in [0.15, 0.2) is 0 Å². The smallest absolute Gasteiger partial charge is 0.407 e. The molecule has 0 bridgehead atoms. The SMILES string of the molecule is CC(=O)Nc1sc2c(c1-c1nc3ccccc3s1)CC(C)N(C(=O)O)C2. The maximum atomic E-state index is 11.7. The maximum absolute atomic E-state index is 11.7. The van der Waals surface area contributed by atoms with Crippen molar-refractivity contribution in [2.24, 2.45) is 0 Å². The lowest BCUT2D eigenvalue weighted by atomic mass is 9.98. The van der Waals surface area contributed by atoms with E-state index in [4.69, 9.17) is 4.98 Å². The minimum Gasteiger partial charge on any atom is -0.465 e. The number of fused-ring (bicyclic) bond motifs is 2. The maximum Gasteiger partial charge on any atom is 0.407 e. The highest BCUT2D eigenvalue weighted by Crippen LogP contribution is 2.46. The number of hydrogen-bond acceptors (Lipinski definition) is 5. The summed E-state index contributed by atoms with van der Waals surface area (Å²) in [7, 11) is 0. The summed E-state index contributed by atoms with van der Waals surface area (Å²) < 4.78 is 1.09. The van der Waals surface area contributed by atoms with Crippen molar-refractivity contribution in [2.45, 2.75) is 32.9 Å². The highest BCUT2D eigenvalue weighted by molar-refractivity contribution is 7.22. The summed E-state index contributed by atoms with van der Waals surface area (Å²) >= 11 is 3.04. The number of nitrogens with one attached hydrogen (secondary N) is 1. The highest BCUT2D eigenvalue weighted by Gasteiger charge is 2.32. The number of aromatic nitrogens is 1. The van der Waals surface area contributed by atoms with Gasteiger partial charge in [0.1, 0.15) is 10.0 Å². The van der Waals surface area contributed by atoms with E-state index in [2.05, 4.69) is 5.32 Å². The standard InChI is InChI=1S/C18H17N3O3S2/c1-9-7-11-14(8-21(9)18(23)24)26-16(19-10(2)22)15(11)17-20-12-5-3-4-6-13(12)25-17/h3-6,9H,7-8H2,1-2H3,(H,19,22)(H,23,24). The summed E-state index contributed by atoms with van der Waals surface area (Å²) in [4.78, 5) is 30.3. The fraction of sp³-hybridized carbons (Fsp3) is 0.278. The monoisotopic (exact) mass is 387 g/mol. The first kappa shape index (κ1) is 17.0. The Kier molecular flexibility index (Phi) is 4.16. The van der Waals surface area contributed by atoms with Gasteiger partial charge in [0, 0.05) is 23.4 Å². The van der Waals surface area contributed by atoms with Gasteiger partial charge in [-0.05, 0) is 31.0 Å². The van der Waals surface area contributed by atoms with Crippen LogP contribution in [-0.4, -0.2) is 33.0 Å². The van der Waals surface area contributed by atoms with Crippen molar-refractivity contribution < 1.29 is 14.7 Å². The van der Waals surface area contributed by atoms with Crippen molar-refractivity contribution in [3.63, 3.8) is 0 Å². The molecule has 8 heteroatoms. The first-order chi connectivity index (χ1) is 12.4. The molecule has 134 valence electrons. The second kappa shape index (κ2) is 6.37. The van der Waals surface area contributed by atoms with E-state index in [0.717, 1.165) is 36.2 Å². The Bertz CT molecular complexity index is 991. The largest absolute Gasteiger partial charge is 0.465 e. The molecule has 0 aliphatic carbocycles. The van der Waals surface area contributed by atoms with Crippen molar-refractivity contribution >= 4 is 49.9 Å². The Labute approximate surface area is 158 Å². The van der Waals surface area contributed by atoms with Gasteiger partial charge in [-0.2, -0.15) is 0 Å². The Hall–Kier alpha value is -2.45. The fourth-order valence-corrected chi connectivity index (χ4v) is 5.67. The van der Waals surface area contributed by atoms with E-state index in [0.29, 0.717) is 13.0 Å². The lowest BCUT2D eigenvalue weighted by Gasteiger charge is -2.31. The van der Waals surface area contributed by atoms with Crippen LogP contribution in [0.4, 0.5) is 9.80 Å². The second-order valence-electron chi connectivity index (χ2n) is 6.34. The van der Waals surface area contributed by atoms with E-state index in [-0.39, 0.29) is 11.9 Å². The Morgan fingerprint density at radius 2 is 2.08 bits per heavy atom. The molecule has 0 spiro atoms. The number of carbonyl (C=O) groups excluding carboxylic acids is 1. The molecule has 6 nitrogen and oxygen atoms in total. The van der Waals surface area contributed by atoms with Gasteiger partial charge in [0.2, 0.25) is 5.91 Å². The molecule has 0 saturated heterocycles. The van der Waals surface area contributed by atoms with Crippen LogP contribution in [-0.2, 0) is 17.8 Å². The third kappa shape index (κ3) is 2.85. The second-order valence-corrected chi connectivity index (χ2v) is 8.48. The molecule has 1 atom stereocenters. The van der Waals surface area contributed by atoms with Gasteiger partial charge >= 0.3 is 6.09 Å². The number of hydrogen-bond donors (Lipinski definition) is 2. The van der Waals surface area contributed by atoms with Crippen molar-refractivity contribution in [3.05, 3.63) is 34.7 Å². The predicted octanol–water partition coefficient (Wildman–Crippen LogP) is 4.41. The molecule has 1 aliphatic heterocycles. The number of anilines is 1. The quantitative estimate of drug-likeness (QED) is 0.682. The van der Waals surface area contributed by atoms with Crippen LogP contribution >= 0.6 is 22.7 Å². The molecule has 0 radical (unpaired) electrons. The lowest BCUT2D eigenvalue weighted by Crippen LogP contribution is -2.41. The van der Waals surface area contributed by atoms with E-state index >= 15 is 0 Å². The number of thiazole rings is 1. The van der Waals surface area contributed by atoms with Crippen molar-refractivity contribution in [1.29, 1.82) is 0 Å². The predicted molar refractivity (Wildman–Crippen MR) is 104 cm³/mol. The molecular weight excluding hydrogens is 370 g/mol. The number of thiophene rings is 1. The van der Waals surface area contributed by atoms with Gasteiger partial charge in [0.25, 0.3) is 0 Å². The molecule has 1 aliphatic rings. The topological polar surface area (TPSA) is 82.5 Å². The summed E-state index contributed by atoms with van der Waals surface area (Å²) in [6.07, 6.45) is -0.303. The van der Waals surface area contributed by atoms with Gasteiger partial charge in [-0.25, -0.2) is 9.78 Å². The van der Waals surface area contributed by atoms with Gasteiger partial charge in [0.05, 0.1) is 16.8 Å². The van der Waals surface area contributed by atoms with Crippen LogP contribution in [0, 0.1) is 0 Å². The Morgan fingerprint density at radius 1 is 1.31 bits per heavy atom. The molecule has 4 rings (SSSR count). The molecule has 3 aromatic rings. The van der Waals surface area contributed by atoms with E-state index in [1.165, 1.54) is 23.2 Å². The third-order valence-corrected chi connectivity index (χ3v) is 6.67. The van der Waals surface area contributed by atoms with Gasteiger partial charge in [-0.15, -0.1) is 22.7 Å². The highest BCUT2D eigenvalue weighted by atomic mass is 32.1. The average molecular weight is 387 g/mol. The molecule has 0 saturated carbocycles. The molecule has 0 fully saturated rings. The molecule has 3 heterocycles. The number of carbonyl (C=O) groups is 2. The first-order valence-electron chi connectivity index (χ1n) is 8.21. The number of nitrogens with zero attached hydrogens (tertiary/aromatic N) is 2. The summed E-state index contributed by atoms with van der Waals surface area (Å²) in [6.45, 7) is 3.73. The van der Waals surface area contributed by atoms with E-state index in [1.807, 2.05) is 31.2 Å². The number of carboxylic acid groups (broad SMARTS) is 1. The van der Waals surface area contributed by atoms with Crippen molar-refractivity contribution in [2.75, 3.05) is 5.32 Å². The summed E-state index contributed by atoms with van der Waals surface area (Å²) in [6, 6.07) is 7.82. The molecule has 26 heavy (non-hydrogen) atoms. The number of benzene rings is 1. The minimum atomic E-state index is -0.917. The van der Waals surface area contributed by atoms with Crippen LogP contribution in [0.3, 0.4) is 0 Å². The lowest BCUT2D eigenvalue weighted by molar-refractivity contribution is -0.114. The summed E-state index contributed by atoms with van der Waals surface area (Å²) in [5, 5.41) is 13.9. The molecule has 2 amide bonds. The van der Waals surface area contributed by atoms with Crippen LogP contribution in [0.1, 0.15) is 24.3 Å². The van der Waals surface area contributed by atoms with Gasteiger partial charge in [-0.1, -0.05) is 12.1 Å². The van der Waals surface area contributed by atoms with E-state index < -0.39 is 6.09 Å². The van der Waals surface area contributed by atoms with Crippen molar-refractivity contribution in [1.82, 2.24) is 9.88 Å². The molecule has 1 unspecified atom stereocenters. The third-order valence-electron chi connectivity index (χ3n) is 4.48. The normalized spacial score (nSPS) is 16.5. The molecule has 2 N–H and O–H groups in total. The zero-order valence-electron chi connectivity index (χ0n) is 14.3. The van der Waals surface area contributed by atoms with Gasteiger partial charge in [-0.3, -0.25) is 4.79 Å². The van der Waals surface area contributed by atoms with Crippen LogP contribution in [0.2, 0.25) is 0 Å². The average Bonchev–Trinajstić information content (AvgIpc) is 3.13. The van der Waals surface area contributed by atoms with Crippen LogP contribution in [0.5, 0.6) is 0 Å². The Balaban J connectivity index is 1.87. The summed E-state index contributed by atoms with van der Waals surface area (Å²) in [5.74, 6) is -0.144. The Morgan fingerprint density at radius 3 is 2.77 bits per heavy atom. The van der Waals surface area contributed by atoms with Gasteiger partial charge < -0.3 is 15.3 Å². The number of amides is 2. The first-order valence-corrected chi connectivity index (χ1v) is 9.85. The van der Waals surface area contributed by atoms with E-state index in [9.17, 15) is 14.7 Å². The molecule has 2 aromatic heterocycles. The zero-order valence-corrected chi connectivity index (χ0v) is 15.9. The molecule has 1 aromatic carbocycles. The van der Waals surface area contributed by atoms with Crippen molar-refractivity contribution in [3.8, 4) is 10.6 Å². The molecular formula is C18H17N3O3S2. The van der Waals surface area contributed by atoms with Crippen LogP contribution < -0.4 is 5.32 Å². The zero-order chi connectivity index (χ0) is 18.4. The number of rotatable bonds is 2. The number of para-hydroxylation sites is 1. The summed E-state index contributed by atoms with van der Waals surface area (Å²) in [5.41, 5.74) is 2.97. The van der Waals surface area contributed by atoms with Crippen LogP contribution in [0.15, 0.2) is 24.3 Å². The van der Waals surface area contributed by atoms with E-state index in [1.54, 1.807) is 11.3 Å². The van der Waals surface area contributed by atoms with Crippen LogP contribution in [0.25, 0.3) is 20.8 Å².